The van der Waals surface area contributed by atoms with E-state index in [9.17, 15) is 31.9 Å². The van der Waals surface area contributed by atoms with E-state index in [4.69, 9.17) is 22.1 Å². The molecular weight excluding hydrogens is 534 g/mol. The minimum absolute atomic E-state index is 0.0281. The molecule has 1 atom stereocenters. The highest BCUT2D eigenvalue weighted by molar-refractivity contribution is 6.34. The van der Waals surface area contributed by atoms with E-state index in [-0.39, 0.29) is 33.7 Å². The first-order chi connectivity index (χ1) is 18.0. The fourth-order valence-corrected chi connectivity index (χ4v) is 3.79. The number of amides is 4. The quantitative estimate of drug-likeness (QED) is 0.325. The highest BCUT2D eigenvalue weighted by atomic mass is 35.5. The molecule has 14 heteroatoms. The van der Waals surface area contributed by atoms with Crippen LogP contribution in [-0.2, 0) is 9.59 Å². The Labute approximate surface area is 217 Å². The van der Waals surface area contributed by atoms with Crippen LogP contribution >= 0.6 is 11.6 Å². The summed E-state index contributed by atoms with van der Waals surface area (Å²) >= 11 is 5.99. The van der Waals surface area contributed by atoms with Gasteiger partial charge in [-0.05, 0) is 36.4 Å². The van der Waals surface area contributed by atoms with E-state index in [1.807, 2.05) is 0 Å². The summed E-state index contributed by atoms with van der Waals surface area (Å²) in [6.45, 7) is -1.69. The maximum atomic E-state index is 14.7. The number of hydrogen-bond acceptors (Lipinski definition) is 6. The van der Waals surface area contributed by atoms with Crippen LogP contribution in [0.4, 0.5) is 39.5 Å². The summed E-state index contributed by atoms with van der Waals surface area (Å²) in [5.74, 6) is -5.44. The van der Waals surface area contributed by atoms with Gasteiger partial charge in [-0.15, -0.1) is 0 Å². The summed E-state index contributed by atoms with van der Waals surface area (Å²) in [5.41, 5.74) is 5.40. The normalized spacial score (nSPS) is 15.7. The number of carbonyl (C=O) groups excluding carboxylic acids is 3. The lowest BCUT2D eigenvalue weighted by atomic mass is 10.0. The maximum absolute atomic E-state index is 14.7. The number of hydrogen-bond donors (Lipinski definition) is 2. The van der Waals surface area contributed by atoms with Crippen LogP contribution in [-0.4, -0.2) is 47.2 Å². The van der Waals surface area contributed by atoms with E-state index >= 15 is 0 Å². The number of nitrogen functional groups attached to an aromatic ring is 1. The number of benzene rings is 2. The molecule has 1 fully saturated rings. The van der Waals surface area contributed by atoms with Crippen LogP contribution in [0.15, 0.2) is 54.7 Å². The minimum atomic E-state index is -2.95. The van der Waals surface area contributed by atoms with Crippen molar-refractivity contribution in [3.05, 3.63) is 71.4 Å². The number of nitrogens with two attached hydrogens (primary N) is 1. The molecule has 2 heterocycles. The molecule has 0 radical (unpaired) electrons. The number of rotatable bonds is 7. The van der Waals surface area contributed by atoms with E-state index < -0.39 is 54.9 Å². The van der Waals surface area contributed by atoms with Gasteiger partial charge in [0.15, 0.2) is 17.3 Å². The number of nitrogens with one attached hydrogen (secondary N) is 1. The molecule has 0 saturated carbocycles. The van der Waals surface area contributed by atoms with Crippen LogP contribution in [0.5, 0.6) is 11.5 Å². The van der Waals surface area contributed by atoms with Crippen molar-refractivity contribution in [2.45, 2.75) is 6.43 Å². The first kappa shape index (κ1) is 26.7. The molecule has 1 aliphatic rings. The summed E-state index contributed by atoms with van der Waals surface area (Å²) in [6, 6.07) is 7.76. The number of aromatic nitrogens is 1. The van der Waals surface area contributed by atoms with Crippen LogP contribution < -0.4 is 20.7 Å². The summed E-state index contributed by atoms with van der Waals surface area (Å²) in [4.78, 5) is 43.7. The zero-order chi connectivity index (χ0) is 27.6. The Morgan fingerprint density at radius 2 is 1.84 bits per heavy atom. The molecular formula is C24H18ClF4N5O4. The van der Waals surface area contributed by atoms with Crippen molar-refractivity contribution in [2.24, 2.45) is 5.92 Å². The molecule has 198 valence electrons. The number of pyridine rings is 1. The molecule has 9 nitrogen and oxygen atoms in total. The predicted molar refractivity (Wildman–Crippen MR) is 129 cm³/mol. The second-order valence-electron chi connectivity index (χ2n) is 8.03. The van der Waals surface area contributed by atoms with Crippen molar-refractivity contribution in [3.63, 3.8) is 0 Å². The molecule has 1 unspecified atom stereocenters. The van der Waals surface area contributed by atoms with Gasteiger partial charge >= 0.3 is 6.03 Å². The number of urea groups is 1. The molecule has 3 aromatic rings. The fraction of sp³-hybridized carbons (Fsp3) is 0.167. The van der Waals surface area contributed by atoms with Gasteiger partial charge in [0, 0.05) is 30.6 Å². The van der Waals surface area contributed by atoms with Crippen molar-refractivity contribution in [3.8, 4) is 11.5 Å². The van der Waals surface area contributed by atoms with Crippen molar-refractivity contribution in [2.75, 3.05) is 29.0 Å². The van der Waals surface area contributed by atoms with Gasteiger partial charge in [-0.2, -0.15) is 0 Å². The third-order valence-electron chi connectivity index (χ3n) is 5.44. The summed E-state index contributed by atoms with van der Waals surface area (Å²) in [5, 5.41) is 2.31. The number of imide groups is 1. The van der Waals surface area contributed by atoms with Crippen LogP contribution in [0.2, 0.25) is 5.02 Å². The summed E-state index contributed by atoms with van der Waals surface area (Å²) in [7, 11) is 0. The van der Waals surface area contributed by atoms with Crippen molar-refractivity contribution >= 4 is 46.6 Å². The zero-order valence-corrected chi connectivity index (χ0v) is 20.0. The molecule has 38 heavy (non-hydrogen) atoms. The summed E-state index contributed by atoms with van der Waals surface area (Å²) < 4.78 is 59.7. The van der Waals surface area contributed by atoms with Gasteiger partial charge in [0.1, 0.15) is 22.6 Å². The Morgan fingerprint density at radius 1 is 1.13 bits per heavy atom. The second-order valence-corrected chi connectivity index (χ2v) is 8.40. The Hall–Kier alpha value is -4.39. The first-order valence-corrected chi connectivity index (χ1v) is 11.3. The number of alkyl halides is 2. The second kappa shape index (κ2) is 10.9. The number of halogens is 5. The standard InChI is InChI=1S/C24H18ClF4N5O4/c25-20-18(7-8-31-21(20)30)38-17-6-3-13(9-16(17)27)32-22(35)15-10-33(11-19(28)29)24(37)34(23(15)36)14-4-1-12(26)2-5-14/h1-9,15,19H,10-11H2,(H2,30,31)(H,32,35). The number of ether oxygens (including phenoxy) is 1. The highest BCUT2D eigenvalue weighted by Gasteiger charge is 2.44. The van der Waals surface area contributed by atoms with E-state index in [2.05, 4.69) is 10.3 Å². The molecule has 1 aliphatic heterocycles. The lowest BCUT2D eigenvalue weighted by Gasteiger charge is -2.37. The molecule has 1 aromatic heterocycles. The monoisotopic (exact) mass is 551 g/mol. The third kappa shape index (κ3) is 5.62. The minimum Gasteiger partial charge on any atom is -0.453 e. The summed E-state index contributed by atoms with van der Waals surface area (Å²) in [6.07, 6.45) is -1.64. The average molecular weight is 552 g/mol. The third-order valence-corrected chi connectivity index (χ3v) is 5.82. The van der Waals surface area contributed by atoms with E-state index in [1.165, 1.54) is 24.4 Å². The average Bonchev–Trinajstić information content (AvgIpc) is 2.86. The van der Waals surface area contributed by atoms with Gasteiger partial charge in [-0.25, -0.2) is 32.2 Å². The van der Waals surface area contributed by atoms with Crippen LogP contribution in [0.3, 0.4) is 0 Å². The Morgan fingerprint density at radius 3 is 2.50 bits per heavy atom. The fourth-order valence-electron chi connectivity index (χ4n) is 3.64. The zero-order valence-electron chi connectivity index (χ0n) is 19.2. The molecule has 0 spiro atoms. The lowest BCUT2D eigenvalue weighted by Crippen LogP contribution is -2.60. The van der Waals surface area contributed by atoms with E-state index in [0.717, 1.165) is 30.3 Å². The van der Waals surface area contributed by atoms with Gasteiger partial charge in [0.25, 0.3) is 6.43 Å². The van der Waals surface area contributed by atoms with Gasteiger partial charge in [-0.1, -0.05) is 11.6 Å². The maximum Gasteiger partial charge on any atom is 0.331 e. The van der Waals surface area contributed by atoms with Gasteiger partial charge in [0.2, 0.25) is 11.8 Å². The number of anilines is 3. The van der Waals surface area contributed by atoms with Crippen LogP contribution in [0.25, 0.3) is 0 Å². The Kier molecular flexibility index (Phi) is 7.67. The molecule has 4 amide bonds. The van der Waals surface area contributed by atoms with Crippen LogP contribution in [0.1, 0.15) is 0 Å². The topological polar surface area (TPSA) is 118 Å². The van der Waals surface area contributed by atoms with E-state index in [0.29, 0.717) is 9.80 Å². The van der Waals surface area contributed by atoms with Crippen molar-refractivity contribution in [1.29, 1.82) is 0 Å². The SMILES string of the molecule is Nc1nccc(Oc2ccc(NC(=O)C3CN(CC(F)F)C(=O)N(c4ccc(F)cc4)C3=O)cc2F)c1Cl. The Balaban J connectivity index is 1.55. The predicted octanol–water partition coefficient (Wildman–Crippen LogP) is 4.68. The van der Waals surface area contributed by atoms with Gasteiger partial charge in [0.05, 0.1) is 12.2 Å². The molecule has 0 aliphatic carbocycles. The molecule has 3 N–H and O–H groups in total. The Bertz CT molecular complexity index is 1390. The smallest absolute Gasteiger partial charge is 0.331 e. The highest BCUT2D eigenvalue weighted by Crippen LogP contribution is 2.34. The van der Waals surface area contributed by atoms with Gasteiger partial charge in [-0.3, -0.25) is 9.59 Å². The lowest BCUT2D eigenvalue weighted by molar-refractivity contribution is -0.132. The van der Waals surface area contributed by atoms with Crippen LogP contribution in [0, 0.1) is 17.6 Å². The van der Waals surface area contributed by atoms with Crippen molar-refractivity contribution in [1.82, 2.24) is 9.88 Å². The molecule has 2 aromatic carbocycles. The molecule has 4 rings (SSSR count). The van der Waals surface area contributed by atoms with E-state index in [1.54, 1.807) is 0 Å². The first-order valence-electron chi connectivity index (χ1n) is 10.9. The van der Waals surface area contributed by atoms with Crippen molar-refractivity contribution < 1.29 is 36.7 Å². The number of nitrogens with zero attached hydrogens (tertiary/aromatic N) is 3. The largest absolute Gasteiger partial charge is 0.453 e. The molecule has 1 saturated heterocycles. The molecule has 0 bridgehead atoms. The number of carbonyl (C=O) groups is 3. The van der Waals surface area contributed by atoms with Gasteiger partial charge < -0.3 is 20.7 Å².